The SMILES string of the molecule is CC(C)Cc1ccc(C(O)CNCC(C)CO)cc1. The molecule has 3 heteroatoms. The van der Waals surface area contributed by atoms with Crippen LogP contribution in [-0.4, -0.2) is 29.9 Å². The highest BCUT2D eigenvalue weighted by Gasteiger charge is 2.08. The molecule has 0 spiro atoms. The van der Waals surface area contributed by atoms with Gasteiger partial charge in [-0.2, -0.15) is 0 Å². The maximum Gasteiger partial charge on any atom is 0.0914 e. The number of aliphatic hydroxyl groups is 2. The Morgan fingerprint density at radius 2 is 1.68 bits per heavy atom. The molecular weight excluding hydrogens is 238 g/mol. The van der Waals surface area contributed by atoms with Gasteiger partial charge in [-0.05, 0) is 35.9 Å². The molecule has 1 aromatic carbocycles. The van der Waals surface area contributed by atoms with Crippen LogP contribution >= 0.6 is 0 Å². The first-order valence-corrected chi connectivity index (χ1v) is 7.11. The average Bonchev–Trinajstić information content (AvgIpc) is 2.38. The van der Waals surface area contributed by atoms with Crippen LogP contribution < -0.4 is 5.32 Å². The highest BCUT2D eigenvalue weighted by atomic mass is 16.3. The smallest absolute Gasteiger partial charge is 0.0914 e. The Morgan fingerprint density at radius 3 is 2.21 bits per heavy atom. The minimum absolute atomic E-state index is 0.174. The number of nitrogens with one attached hydrogen (secondary N) is 1. The monoisotopic (exact) mass is 265 g/mol. The number of hydrogen-bond acceptors (Lipinski definition) is 3. The van der Waals surface area contributed by atoms with Gasteiger partial charge in [-0.15, -0.1) is 0 Å². The third-order valence-corrected chi connectivity index (χ3v) is 3.15. The molecule has 0 radical (unpaired) electrons. The van der Waals surface area contributed by atoms with E-state index in [1.165, 1.54) is 5.56 Å². The van der Waals surface area contributed by atoms with Gasteiger partial charge in [0.25, 0.3) is 0 Å². The average molecular weight is 265 g/mol. The van der Waals surface area contributed by atoms with Crippen LogP contribution in [0.1, 0.15) is 38.0 Å². The van der Waals surface area contributed by atoms with Crippen molar-refractivity contribution < 1.29 is 10.2 Å². The van der Waals surface area contributed by atoms with E-state index in [9.17, 15) is 5.11 Å². The lowest BCUT2D eigenvalue weighted by atomic mass is 10.0. The van der Waals surface area contributed by atoms with Gasteiger partial charge in [0.1, 0.15) is 0 Å². The van der Waals surface area contributed by atoms with Crippen molar-refractivity contribution in [2.24, 2.45) is 11.8 Å². The fourth-order valence-electron chi connectivity index (χ4n) is 2.00. The highest BCUT2D eigenvalue weighted by molar-refractivity contribution is 5.24. The van der Waals surface area contributed by atoms with Gasteiger partial charge in [0.15, 0.2) is 0 Å². The zero-order valence-electron chi connectivity index (χ0n) is 12.3. The molecule has 2 unspecified atom stereocenters. The molecule has 0 aliphatic carbocycles. The fourth-order valence-corrected chi connectivity index (χ4v) is 2.00. The molecule has 0 saturated carbocycles. The van der Waals surface area contributed by atoms with E-state index in [2.05, 4.69) is 31.3 Å². The van der Waals surface area contributed by atoms with Crippen molar-refractivity contribution in [3.63, 3.8) is 0 Å². The Kier molecular flexibility index (Phi) is 7.06. The van der Waals surface area contributed by atoms with Gasteiger partial charge in [-0.25, -0.2) is 0 Å². The zero-order chi connectivity index (χ0) is 14.3. The number of hydrogen-bond donors (Lipinski definition) is 3. The van der Waals surface area contributed by atoms with Crippen LogP contribution in [0, 0.1) is 11.8 Å². The van der Waals surface area contributed by atoms with Gasteiger partial charge in [0.05, 0.1) is 6.10 Å². The van der Waals surface area contributed by atoms with Crippen LogP contribution in [-0.2, 0) is 6.42 Å². The lowest BCUT2D eigenvalue weighted by Gasteiger charge is -2.15. The molecule has 0 bridgehead atoms. The van der Waals surface area contributed by atoms with Crippen molar-refractivity contribution in [2.45, 2.75) is 33.3 Å². The largest absolute Gasteiger partial charge is 0.396 e. The van der Waals surface area contributed by atoms with E-state index >= 15 is 0 Å². The summed E-state index contributed by atoms with van der Waals surface area (Å²) in [6, 6.07) is 8.18. The molecule has 0 fully saturated rings. The van der Waals surface area contributed by atoms with Crippen LogP contribution in [0.3, 0.4) is 0 Å². The molecule has 0 aliphatic heterocycles. The van der Waals surface area contributed by atoms with E-state index in [1.54, 1.807) is 0 Å². The van der Waals surface area contributed by atoms with E-state index in [1.807, 2.05) is 19.1 Å². The maximum atomic E-state index is 10.1. The predicted molar refractivity (Wildman–Crippen MR) is 79.1 cm³/mol. The molecule has 0 aromatic heterocycles. The van der Waals surface area contributed by atoms with E-state index in [-0.39, 0.29) is 12.5 Å². The van der Waals surface area contributed by atoms with Crippen molar-refractivity contribution >= 4 is 0 Å². The molecule has 0 heterocycles. The first kappa shape index (κ1) is 16.2. The van der Waals surface area contributed by atoms with Crippen molar-refractivity contribution in [1.29, 1.82) is 0 Å². The summed E-state index contributed by atoms with van der Waals surface area (Å²) in [5.74, 6) is 0.873. The Bertz CT molecular complexity index is 348. The standard InChI is InChI=1S/C16H27NO2/c1-12(2)8-14-4-6-15(7-5-14)16(19)10-17-9-13(3)11-18/h4-7,12-13,16-19H,8-11H2,1-3H3. The van der Waals surface area contributed by atoms with Gasteiger partial charge in [0.2, 0.25) is 0 Å². The molecule has 0 amide bonds. The Morgan fingerprint density at radius 1 is 1.05 bits per heavy atom. The molecule has 3 nitrogen and oxygen atoms in total. The second-order valence-corrected chi connectivity index (χ2v) is 5.80. The molecule has 1 rings (SSSR count). The minimum atomic E-state index is -0.487. The summed E-state index contributed by atoms with van der Waals surface area (Å²) in [7, 11) is 0. The zero-order valence-corrected chi connectivity index (χ0v) is 12.3. The molecule has 108 valence electrons. The summed E-state index contributed by atoms with van der Waals surface area (Å²) in [6.07, 6.45) is 0.585. The van der Waals surface area contributed by atoms with Crippen LogP contribution in [0.5, 0.6) is 0 Å². The molecule has 2 atom stereocenters. The van der Waals surface area contributed by atoms with Crippen LogP contribution in [0.4, 0.5) is 0 Å². The summed E-state index contributed by atoms with van der Waals surface area (Å²) in [5, 5.41) is 22.1. The Labute approximate surface area is 116 Å². The first-order chi connectivity index (χ1) is 9.02. The predicted octanol–water partition coefficient (Wildman–Crippen LogP) is 2.14. The van der Waals surface area contributed by atoms with Crippen LogP contribution in [0.15, 0.2) is 24.3 Å². The molecular formula is C16H27NO2. The number of benzene rings is 1. The molecule has 0 saturated heterocycles. The minimum Gasteiger partial charge on any atom is -0.396 e. The fraction of sp³-hybridized carbons (Fsp3) is 0.625. The third-order valence-electron chi connectivity index (χ3n) is 3.15. The van der Waals surface area contributed by atoms with E-state index in [4.69, 9.17) is 5.11 Å². The van der Waals surface area contributed by atoms with Crippen LogP contribution in [0.25, 0.3) is 0 Å². The summed E-state index contributed by atoms with van der Waals surface area (Å²) in [4.78, 5) is 0. The maximum absolute atomic E-state index is 10.1. The number of aliphatic hydroxyl groups excluding tert-OH is 2. The second-order valence-electron chi connectivity index (χ2n) is 5.80. The summed E-state index contributed by atoms with van der Waals surface area (Å²) < 4.78 is 0. The lowest BCUT2D eigenvalue weighted by molar-refractivity contribution is 0.168. The summed E-state index contributed by atoms with van der Waals surface area (Å²) in [6.45, 7) is 7.80. The highest BCUT2D eigenvalue weighted by Crippen LogP contribution is 2.15. The number of rotatable bonds is 8. The van der Waals surface area contributed by atoms with Crippen molar-refractivity contribution in [3.8, 4) is 0 Å². The normalized spacial score (nSPS) is 14.6. The molecule has 3 N–H and O–H groups in total. The topological polar surface area (TPSA) is 52.5 Å². The van der Waals surface area contributed by atoms with E-state index < -0.39 is 6.10 Å². The Hall–Kier alpha value is -0.900. The van der Waals surface area contributed by atoms with E-state index in [0.717, 1.165) is 18.5 Å². The second kappa shape index (κ2) is 8.31. The van der Waals surface area contributed by atoms with Gasteiger partial charge in [-0.3, -0.25) is 0 Å². The Balaban J connectivity index is 2.42. The lowest BCUT2D eigenvalue weighted by Crippen LogP contribution is -2.27. The summed E-state index contributed by atoms with van der Waals surface area (Å²) >= 11 is 0. The molecule has 0 aliphatic rings. The van der Waals surface area contributed by atoms with Crippen molar-refractivity contribution in [1.82, 2.24) is 5.32 Å². The van der Waals surface area contributed by atoms with Gasteiger partial charge >= 0.3 is 0 Å². The molecule has 1 aromatic rings. The third kappa shape index (κ3) is 6.19. The van der Waals surface area contributed by atoms with Crippen molar-refractivity contribution in [2.75, 3.05) is 19.7 Å². The van der Waals surface area contributed by atoms with E-state index in [0.29, 0.717) is 12.5 Å². The summed E-state index contributed by atoms with van der Waals surface area (Å²) in [5.41, 5.74) is 2.25. The molecule has 19 heavy (non-hydrogen) atoms. The van der Waals surface area contributed by atoms with Gasteiger partial charge in [-0.1, -0.05) is 45.0 Å². The first-order valence-electron chi connectivity index (χ1n) is 7.11. The van der Waals surface area contributed by atoms with Crippen LogP contribution in [0.2, 0.25) is 0 Å². The van der Waals surface area contributed by atoms with Gasteiger partial charge in [0, 0.05) is 13.2 Å². The van der Waals surface area contributed by atoms with Crippen molar-refractivity contribution in [3.05, 3.63) is 35.4 Å². The van der Waals surface area contributed by atoms with Gasteiger partial charge < -0.3 is 15.5 Å². The quantitative estimate of drug-likeness (QED) is 0.675.